The Hall–Kier alpha value is -1.43. The summed E-state index contributed by atoms with van der Waals surface area (Å²) < 4.78 is 5.98. The van der Waals surface area contributed by atoms with Crippen molar-refractivity contribution >= 4 is 5.91 Å². The topological polar surface area (TPSA) is 36.0 Å². The largest absolute Gasteiger partial charge is 0.374 e. The second-order valence-electron chi connectivity index (χ2n) is 7.43. The van der Waals surface area contributed by atoms with Gasteiger partial charge in [0.1, 0.15) is 0 Å². The summed E-state index contributed by atoms with van der Waals surface area (Å²) in [5.41, 5.74) is 3.99. The molecule has 1 aromatic rings. The molecule has 3 rings (SSSR count). The number of carbonyl (C=O) groups is 1. The third kappa shape index (κ3) is 3.97. The van der Waals surface area contributed by atoms with Gasteiger partial charge in [-0.3, -0.25) is 14.6 Å². The number of hydrogen-bond acceptors (Lipinski definition) is 4. The van der Waals surface area contributed by atoms with Crippen molar-refractivity contribution in [1.82, 2.24) is 14.7 Å². The van der Waals surface area contributed by atoms with E-state index in [-0.39, 0.29) is 12.0 Å². The molecular weight excluding hydrogens is 302 g/mol. The number of amides is 1. The Morgan fingerprint density at radius 3 is 2.58 bits per heavy atom. The number of carbonyl (C=O) groups excluding carboxylic acids is 1. The fourth-order valence-electron chi connectivity index (χ4n) is 3.89. The van der Waals surface area contributed by atoms with Crippen molar-refractivity contribution in [3.8, 4) is 0 Å². The molecule has 5 heteroatoms. The first-order valence-corrected chi connectivity index (χ1v) is 8.77. The zero-order chi connectivity index (χ0) is 17.3. The van der Waals surface area contributed by atoms with Gasteiger partial charge in [0.25, 0.3) is 0 Å². The maximum Gasteiger partial charge on any atom is 0.236 e. The summed E-state index contributed by atoms with van der Waals surface area (Å²) in [6, 6.07) is 7.07. The number of fused-ring (bicyclic) bond motifs is 1. The summed E-state index contributed by atoms with van der Waals surface area (Å²) in [5.74, 6) is 0.170. The third-order valence-electron chi connectivity index (χ3n) is 5.02. The van der Waals surface area contributed by atoms with E-state index in [1.807, 2.05) is 14.1 Å². The third-order valence-corrected chi connectivity index (χ3v) is 5.02. The van der Waals surface area contributed by atoms with Gasteiger partial charge in [0.2, 0.25) is 5.91 Å². The second kappa shape index (κ2) is 7.21. The predicted molar refractivity (Wildman–Crippen MR) is 95.0 cm³/mol. The molecule has 0 aliphatic carbocycles. The lowest BCUT2D eigenvalue weighted by Crippen LogP contribution is -2.53. The van der Waals surface area contributed by atoms with Crippen LogP contribution < -0.4 is 0 Å². The van der Waals surface area contributed by atoms with Crippen LogP contribution in [0.1, 0.15) is 16.7 Å². The van der Waals surface area contributed by atoms with Gasteiger partial charge in [0.15, 0.2) is 0 Å². The quantitative estimate of drug-likeness (QED) is 0.833. The molecule has 2 aliphatic heterocycles. The van der Waals surface area contributed by atoms with Gasteiger partial charge in [-0.2, -0.15) is 0 Å². The van der Waals surface area contributed by atoms with Crippen LogP contribution in [0.3, 0.4) is 0 Å². The molecule has 1 amide bonds. The molecular formula is C19H29N3O2. The molecule has 2 atom stereocenters. The molecule has 2 aliphatic rings. The van der Waals surface area contributed by atoms with Gasteiger partial charge in [-0.1, -0.05) is 29.3 Å². The standard InChI is InChI=1S/C19H29N3O2/c1-14-7-15(2)9-16(8-14)10-21-11-17-18(12-21)24-6-5-22(17)13-19(23)20(3)4/h7-9,17-18H,5-6,10-13H2,1-4H3/t17-,18+/m0/s1. The van der Waals surface area contributed by atoms with E-state index >= 15 is 0 Å². The maximum atomic E-state index is 12.1. The van der Waals surface area contributed by atoms with Crippen LogP contribution in [0.5, 0.6) is 0 Å². The van der Waals surface area contributed by atoms with E-state index in [0.717, 1.165) is 32.8 Å². The molecule has 1 aromatic carbocycles. The van der Waals surface area contributed by atoms with E-state index < -0.39 is 0 Å². The number of likely N-dealkylation sites (tertiary alicyclic amines) is 1. The Labute approximate surface area is 145 Å². The van der Waals surface area contributed by atoms with E-state index in [2.05, 4.69) is 41.8 Å². The number of benzene rings is 1. The van der Waals surface area contributed by atoms with Crippen molar-refractivity contribution in [2.45, 2.75) is 32.5 Å². The van der Waals surface area contributed by atoms with Crippen molar-refractivity contribution in [3.63, 3.8) is 0 Å². The van der Waals surface area contributed by atoms with E-state index in [9.17, 15) is 4.79 Å². The zero-order valence-electron chi connectivity index (χ0n) is 15.3. The van der Waals surface area contributed by atoms with Crippen LogP contribution in [0.25, 0.3) is 0 Å². The highest BCUT2D eigenvalue weighted by Crippen LogP contribution is 2.24. The van der Waals surface area contributed by atoms with Gasteiger partial charge in [-0.25, -0.2) is 0 Å². The molecule has 0 unspecified atom stereocenters. The average Bonchev–Trinajstić information content (AvgIpc) is 2.89. The molecule has 0 spiro atoms. The van der Waals surface area contributed by atoms with Gasteiger partial charge < -0.3 is 9.64 Å². The smallest absolute Gasteiger partial charge is 0.236 e. The second-order valence-corrected chi connectivity index (χ2v) is 7.43. The lowest BCUT2D eigenvalue weighted by atomic mass is 10.1. The van der Waals surface area contributed by atoms with Crippen molar-refractivity contribution in [3.05, 3.63) is 34.9 Å². The molecule has 5 nitrogen and oxygen atoms in total. The highest BCUT2D eigenvalue weighted by Gasteiger charge is 2.40. The van der Waals surface area contributed by atoms with Gasteiger partial charge >= 0.3 is 0 Å². The van der Waals surface area contributed by atoms with E-state index in [0.29, 0.717) is 12.6 Å². The average molecular weight is 331 g/mol. The molecule has 2 saturated heterocycles. The van der Waals surface area contributed by atoms with Crippen molar-refractivity contribution in [2.75, 3.05) is 46.9 Å². The van der Waals surface area contributed by atoms with E-state index in [4.69, 9.17) is 4.74 Å². The first-order chi connectivity index (χ1) is 11.4. The van der Waals surface area contributed by atoms with Gasteiger partial charge in [0, 0.05) is 40.3 Å². The Balaban J connectivity index is 1.64. The first kappa shape index (κ1) is 17.4. The summed E-state index contributed by atoms with van der Waals surface area (Å²) in [7, 11) is 3.64. The normalized spacial score (nSPS) is 24.8. The molecule has 0 bridgehead atoms. The Morgan fingerprint density at radius 1 is 1.21 bits per heavy atom. The van der Waals surface area contributed by atoms with Crippen molar-refractivity contribution in [2.24, 2.45) is 0 Å². The van der Waals surface area contributed by atoms with E-state index in [1.165, 1.54) is 16.7 Å². The van der Waals surface area contributed by atoms with Crippen molar-refractivity contribution in [1.29, 1.82) is 0 Å². The van der Waals surface area contributed by atoms with Crippen LogP contribution in [-0.2, 0) is 16.1 Å². The molecule has 2 fully saturated rings. The molecule has 24 heavy (non-hydrogen) atoms. The van der Waals surface area contributed by atoms with E-state index in [1.54, 1.807) is 4.90 Å². The molecule has 132 valence electrons. The van der Waals surface area contributed by atoms with Crippen LogP contribution in [0.4, 0.5) is 0 Å². The highest BCUT2D eigenvalue weighted by molar-refractivity contribution is 5.77. The number of nitrogens with zero attached hydrogens (tertiary/aromatic N) is 3. The molecule has 0 saturated carbocycles. The lowest BCUT2D eigenvalue weighted by molar-refractivity contribution is -0.133. The van der Waals surface area contributed by atoms with Crippen molar-refractivity contribution < 1.29 is 9.53 Å². The SMILES string of the molecule is Cc1cc(C)cc(CN2C[C@H]3OCCN(CC(=O)N(C)C)[C@H]3C2)c1. The number of aryl methyl sites for hydroxylation is 2. The molecule has 0 aromatic heterocycles. The minimum Gasteiger partial charge on any atom is -0.374 e. The summed E-state index contributed by atoms with van der Waals surface area (Å²) in [6.07, 6.45) is 0.222. The Kier molecular flexibility index (Phi) is 5.23. The van der Waals surface area contributed by atoms with Crippen LogP contribution in [0.15, 0.2) is 18.2 Å². The molecule has 0 radical (unpaired) electrons. The van der Waals surface area contributed by atoms with Gasteiger partial charge in [-0.05, 0) is 19.4 Å². The number of likely N-dealkylation sites (N-methyl/N-ethyl adjacent to an activating group) is 1. The zero-order valence-corrected chi connectivity index (χ0v) is 15.3. The predicted octanol–water partition coefficient (Wildman–Crippen LogP) is 1.28. The maximum absolute atomic E-state index is 12.1. The van der Waals surface area contributed by atoms with Gasteiger partial charge in [-0.15, -0.1) is 0 Å². The summed E-state index contributed by atoms with van der Waals surface area (Å²) >= 11 is 0. The first-order valence-electron chi connectivity index (χ1n) is 8.77. The van der Waals surface area contributed by atoms with Crippen LogP contribution in [-0.4, -0.2) is 79.6 Å². The Morgan fingerprint density at radius 2 is 1.92 bits per heavy atom. The molecule has 0 N–H and O–H groups in total. The number of rotatable bonds is 4. The monoisotopic (exact) mass is 331 g/mol. The number of ether oxygens (including phenoxy) is 1. The minimum absolute atomic E-state index is 0.170. The summed E-state index contributed by atoms with van der Waals surface area (Å²) in [5, 5.41) is 0. The number of morpholine rings is 1. The Bertz CT molecular complexity index is 582. The fourth-order valence-corrected chi connectivity index (χ4v) is 3.89. The summed E-state index contributed by atoms with van der Waals surface area (Å²) in [4.78, 5) is 18.5. The fraction of sp³-hybridized carbons (Fsp3) is 0.632. The summed E-state index contributed by atoms with van der Waals surface area (Å²) in [6.45, 7) is 9.24. The van der Waals surface area contributed by atoms with Crippen LogP contribution in [0.2, 0.25) is 0 Å². The van der Waals surface area contributed by atoms with Crippen LogP contribution in [0, 0.1) is 13.8 Å². The minimum atomic E-state index is 0.170. The highest BCUT2D eigenvalue weighted by atomic mass is 16.5. The van der Waals surface area contributed by atoms with Crippen LogP contribution >= 0.6 is 0 Å². The number of hydrogen-bond donors (Lipinski definition) is 0. The van der Waals surface area contributed by atoms with Gasteiger partial charge in [0.05, 0.1) is 25.3 Å². The lowest BCUT2D eigenvalue weighted by Gasteiger charge is -2.36. The molecule has 2 heterocycles.